The summed E-state index contributed by atoms with van der Waals surface area (Å²) in [5, 5.41) is 1.96. The van der Waals surface area contributed by atoms with Crippen LogP contribution in [0.15, 0.2) is 35.2 Å². The molecule has 29 heavy (non-hydrogen) atoms. The van der Waals surface area contributed by atoms with Gasteiger partial charge in [0.05, 0.1) is 4.90 Å². The maximum atomic E-state index is 11.8. The van der Waals surface area contributed by atoms with Crippen LogP contribution in [-0.2, 0) is 23.0 Å². The van der Waals surface area contributed by atoms with Crippen LogP contribution in [0.4, 0.5) is 0 Å². The van der Waals surface area contributed by atoms with E-state index in [-0.39, 0.29) is 34.5 Å². The molecule has 0 aliphatic carbocycles. The molecule has 0 heterocycles. The number of rotatable bonds is 13. The maximum absolute atomic E-state index is 11.8. The second kappa shape index (κ2) is 13.8. The van der Waals surface area contributed by atoms with Crippen molar-refractivity contribution in [2.45, 2.75) is 95.8 Å². The molecule has 156 valence electrons. The zero-order valence-electron chi connectivity index (χ0n) is 18.5. The van der Waals surface area contributed by atoms with E-state index in [0.29, 0.717) is 12.0 Å². The molecule has 0 fully saturated rings. The van der Waals surface area contributed by atoms with Gasteiger partial charge in [-0.1, -0.05) is 89.5 Å². The second-order valence-electron chi connectivity index (χ2n) is 7.88. The Balaban J connectivity index is 0.00000420. The van der Waals surface area contributed by atoms with Gasteiger partial charge < -0.3 is 4.55 Å². The third-order valence-corrected chi connectivity index (χ3v) is 6.44. The Morgan fingerprint density at radius 2 is 1.34 bits per heavy atom. The topological polar surface area (TPSA) is 57.2 Å². The van der Waals surface area contributed by atoms with Crippen molar-refractivity contribution < 1.29 is 42.5 Å². The van der Waals surface area contributed by atoms with Crippen molar-refractivity contribution in [1.82, 2.24) is 0 Å². The quantitative estimate of drug-likeness (QED) is 0.278. The summed E-state index contributed by atoms with van der Waals surface area (Å²) in [6.07, 6.45) is 13.5. The standard InChI is InChI=1S/C24H36O3S.Na/c1-3-5-7-9-11-13-20-15-17-22-21(19-20)16-18-24(28(25,26)27)23(22)14-12-10-8-6-4-2;/h15-19H,3-14H2,1-2H3,(H,25,26,27);/q;+1/p-1. The van der Waals surface area contributed by atoms with Gasteiger partial charge in [-0.3, -0.25) is 0 Å². The van der Waals surface area contributed by atoms with Crippen molar-refractivity contribution in [2.75, 3.05) is 0 Å². The van der Waals surface area contributed by atoms with E-state index in [9.17, 15) is 13.0 Å². The molecule has 0 aromatic heterocycles. The molecule has 2 rings (SSSR count). The van der Waals surface area contributed by atoms with Gasteiger partial charge in [0.1, 0.15) is 10.1 Å². The number of benzene rings is 2. The molecule has 2 aromatic carbocycles. The molecular weight excluding hydrogens is 391 g/mol. The summed E-state index contributed by atoms with van der Waals surface area (Å²) in [5.74, 6) is 0. The number of fused-ring (bicyclic) bond motifs is 1. The van der Waals surface area contributed by atoms with Gasteiger partial charge in [-0.2, -0.15) is 0 Å². The molecule has 0 unspecified atom stereocenters. The minimum absolute atomic E-state index is 0. The van der Waals surface area contributed by atoms with Crippen LogP contribution >= 0.6 is 0 Å². The normalized spacial score (nSPS) is 11.6. The van der Waals surface area contributed by atoms with Crippen LogP contribution < -0.4 is 29.6 Å². The molecule has 2 aromatic rings. The van der Waals surface area contributed by atoms with Gasteiger partial charge in [0, 0.05) is 0 Å². The van der Waals surface area contributed by atoms with Crippen molar-refractivity contribution >= 4 is 20.9 Å². The van der Waals surface area contributed by atoms with Gasteiger partial charge in [-0.15, -0.1) is 0 Å². The molecule has 0 saturated heterocycles. The van der Waals surface area contributed by atoms with Crippen LogP contribution in [0.2, 0.25) is 0 Å². The summed E-state index contributed by atoms with van der Waals surface area (Å²) in [6, 6.07) is 9.59. The fourth-order valence-electron chi connectivity index (χ4n) is 3.91. The van der Waals surface area contributed by atoms with Gasteiger partial charge in [-0.25, -0.2) is 8.42 Å². The molecule has 3 nitrogen and oxygen atoms in total. The summed E-state index contributed by atoms with van der Waals surface area (Å²) in [6.45, 7) is 4.40. The summed E-state index contributed by atoms with van der Waals surface area (Å²) in [4.78, 5) is -0.0391. The average molecular weight is 427 g/mol. The Morgan fingerprint density at radius 3 is 1.93 bits per heavy atom. The number of hydrogen-bond donors (Lipinski definition) is 0. The van der Waals surface area contributed by atoms with Gasteiger partial charge in [0.25, 0.3) is 0 Å². The Labute approximate surface area is 199 Å². The molecule has 0 N–H and O–H groups in total. The fraction of sp³-hybridized carbons (Fsp3) is 0.583. The molecule has 0 saturated carbocycles. The zero-order valence-corrected chi connectivity index (χ0v) is 21.3. The molecule has 0 aliphatic rings. The summed E-state index contributed by atoms with van der Waals surface area (Å²) < 4.78 is 35.3. The van der Waals surface area contributed by atoms with E-state index in [1.807, 2.05) is 6.07 Å². The monoisotopic (exact) mass is 426 g/mol. The predicted molar refractivity (Wildman–Crippen MR) is 117 cm³/mol. The van der Waals surface area contributed by atoms with E-state index < -0.39 is 10.1 Å². The molecule has 0 radical (unpaired) electrons. The largest absolute Gasteiger partial charge is 1.00 e. The Hall–Kier alpha value is -0.390. The van der Waals surface area contributed by atoms with E-state index in [1.54, 1.807) is 6.07 Å². The minimum Gasteiger partial charge on any atom is -0.744 e. The molecule has 0 amide bonds. The van der Waals surface area contributed by atoms with Gasteiger partial charge in [0.15, 0.2) is 0 Å². The van der Waals surface area contributed by atoms with E-state index >= 15 is 0 Å². The van der Waals surface area contributed by atoms with E-state index in [1.165, 1.54) is 56.6 Å². The average Bonchev–Trinajstić information content (AvgIpc) is 2.66. The van der Waals surface area contributed by atoms with Crippen molar-refractivity contribution in [3.8, 4) is 0 Å². The van der Waals surface area contributed by atoms with Crippen molar-refractivity contribution in [3.63, 3.8) is 0 Å². The van der Waals surface area contributed by atoms with Crippen molar-refractivity contribution in [2.24, 2.45) is 0 Å². The predicted octanol–water partition coefficient (Wildman–Crippen LogP) is 3.77. The SMILES string of the molecule is CCCCCCCc1ccc2c(CCCCCCC)c(S(=O)(=O)[O-])ccc2c1.[Na+]. The first-order valence-corrected chi connectivity index (χ1v) is 12.4. The van der Waals surface area contributed by atoms with E-state index in [0.717, 1.165) is 36.5 Å². The Bertz CT molecular complexity index is 847. The minimum atomic E-state index is -4.46. The fourth-order valence-corrected chi connectivity index (χ4v) is 4.66. The molecule has 5 heteroatoms. The second-order valence-corrected chi connectivity index (χ2v) is 9.23. The first-order valence-electron chi connectivity index (χ1n) is 11.0. The van der Waals surface area contributed by atoms with Crippen molar-refractivity contribution in [1.29, 1.82) is 0 Å². The Morgan fingerprint density at radius 1 is 0.759 bits per heavy atom. The van der Waals surface area contributed by atoms with Crippen LogP contribution in [-0.4, -0.2) is 13.0 Å². The smallest absolute Gasteiger partial charge is 0.744 e. The maximum Gasteiger partial charge on any atom is 1.00 e. The molecular formula is C24H35NaO3S. The molecule has 0 bridgehead atoms. The van der Waals surface area contributed by atoms with Crippen molar-refractivity contribution in [3.05, 3.63) is 41.5 Å². The number of hydrogen-bond acceptors (Lipinski definition) is 3. The Kier molecular flexibility index (Phi) is 12.7. The third-order valence-electron chi connectivity index (χ3n) is 5.52. The van der Waals surface area contributed by atoms with Crippen LogP contribution in [0, 0.1) is 0 Å². The van der Waals surface area contributed by atoms with Gasteiger partial charge in [-0.05, 0) is 53.6 Å². The van der Waals surface area contributed by atoms with Crippen LogP contribution in [0.25, 0.3) is 10.8 Å². The molecule has 0 aliphatic heterocycles. The molecule has 0 atom stereocenters. The van der Waals surface area contributed by atoms with Gasteiger partial charge in [0.2, 0.25) is 0 Å². The van der Waals surface area contributed by atoms with E-state index in [4.69, 9.17) is 0 Å². The first kappa shape index (κ1) is 26.6. The zero-order chi connectivity index (χ0) is 20.4. The van der Waals surface area contributed by atoms with Crippen LogP contribution in [0.5, 0.6) is 0 Å². The van der Waals surface area contributed by atoms with Crippen LogP contribution in [0.3, 0.4) is 0 Å². The summed E-state index contributed by atoms with van der Waals surface area (Å²) in [7, 11) is -4.46. The third kappa shape index (κ3) is 8.70. The number of unbranched alkanes of at least 4 members (excludes halogenated alkanes) is 8. The van der Waals surface area contributed by atoms with E-state index in [2.05, 4.69) is 26.0 Å². The molecule has 0 spiro atoms. The first-order chi connectivity index (χ1) is 13.5. The summed E-state index contributed by atoms with van der Waals surface area (Å²) >= 11 is 0. The van der Waals surface area contributed by atoms with Crippen LogP contribution in [0.1, 0.15) is 89.2 Å². The number of aryl methyl sites for hydroxylation is 2. The van der Waals surface area contributed by atoms with Gasteiger partial charge >= 0.3 is 29.6 Å². The summed E-state index contributed by atoms with van der Waals surface area (Å²) in [5.41, 5.74) is 1.99.